The van der Waals surface area contributed by atoms with Crippen LogP contribution in [0.4, 0.5) is 9.59 Å². The van der Waals surface area contributed by atoms with Crippen molar-refractivity contribution in [1.82, 2.24) is 21.0 Å². The minimum atomic E-state index is -1.22. The molecule has 0 fully saturated rings. The van der Waals surface area contributed by atoms with Gasteiger partial charge in [0.05, 0.1) is 5.54 Å². The third-order valence-corrected chi connectivity index (χ3v) is 7.18. The van der Waals surface area contributed by atoms with Crippen molar-refractivity contribution in [2.24, 2.45) is 0 Å². The number of hydrogen-bond donors (Lipinski definition) is 2. The number of nitrogens with zero attached hydrogens (tertiary/aromatic N) is 2. The van der Waals surface area contributed by atoms with Crippen molar-refractivity contribution in [3.63, 3.8) is 0 Å². The van der Waals surface area contributed by atoms with Crippen molar-refractivity contribution < 1.29 is 28.8 Å². The summed E-state index contributed by atoms with van der Waals surface area (Å²) in [7, 11) is 0. The van der Waals surface area contributed by atoms with Crippen LogP contribution in [0.15, 0.2) is 36.4 Å². The SMILES string of the molecule is Cc1ccc(C(=O)NNC(=O)ON(C(=O)OC(C)(C)C)N(C(=O)c2ccc(C)c(I)c2)C(C)(C)C)cc1I. The van der Waals surface area contributed by atoms with Crippen LogP contribution >= 0.6 is 45.2 Å². The van der Waals surface area contributed by atoms with E-state index >= 15 is 0 Å². The zero-order valence-electron chi connectivity index (χ0n) is 22.6. The van der Waals surface area contributed by atoms with E-state index in [-0.39, 0.29) is 5.56 Å². The molecule has 0 spiro atoms. The molecule has 0 aromatic heterocycles. The molecule has 10 nitrogen and oxygen atoms in total. The van der Waals surface area contributed by atoms with Crippen LogP contribution in [0.5, 0.6) is 0 Å². The number of hydrogen-bond acceptors (Lipinski definition) is 6. The van der Waals surface area contributed by atoms with E-state index in [9.17, 15) is 19.2 Å². The molecule has 2 aromatic rings. The number of rotatable bonds is 2. The van der Waals surface area contributed by atoms with Crippen molar-refractivity contribution in [1.29, 1.82) is 0 Å². The third-order valence-electron chi connectivity index (χ3n) is 4.86. The molecule has 0 atom stereocenters. The number of ether oxygens (including phenoxy) is 1. The van der Waals surface area contributed by atoms with Gasteiger partial charge in [-0.25, -0.2) is 20.0 Å². The first kappa shape index (κ1) is 31.6. The molecular formula is C26H32I2N4O6. The summed E-state index contributed by atoms with van der Waals surface area (Å²) in [5, 5.41) is 1.46. The normalized spacial score (nSPS) is 11.3. The van der Waals surface area contributed by atoms with E-state index in [1.54, 1.807) is 77.9 Å². The average Bonchev–Trinajstić information content (AvgIpc) is 2.78. The molecule has 0 saturated carbocycles. The zero-order valence-corrected chi connectivity index (χ0v) is 26.9. The Morgan fingerprint density at radius 1 is 0.789 bits per heavy atom. The second-order valence-electron chi connectivity index (χ2n) is 10.4. The summed E-state index contributed by atoms with van der Waals surface area (Å²) in [6.07, 6.45) is -2.32. The summed E-state index contributed by atoms with van der Waals surface area (Å²) < 4.78 is 7.14. The second-order valence-corrected chi connectivity index (χ2v) is 12.8. The molecule has 4 amide bonds. The maximum absolute atomic E-state index is 13.6. The second kappa shape index (κ2) is 12.5. The molecule has 2 N–H and O–H groups in total. The fraction of sp³-hybridized carbons (Fsp3) is 0.385. The van der Waals surface area contributed by atoms with Gasteiger partial charge in [0, 0.05) is 18.3 Å². The maximum atomic E-state index is 13.6. The Balaban J connectivity index is 2.35. The Hall–Kier alpha value is -2.62. The van der Waals surface area contributed by atoms with Crippen molar-refractivity contribution in [2.75, 3.05) is 0 Å². The molecule has 0 saturated heterocycles. The molecule has 0 aliphatic rings. The quantitative estimate of drug-likeness (QED) is 0.292. The average molecular weight is 750 g/mol. The fourth-order valence-corrected chi connectivity index (χ4v) is 4.01. The highest BCUT2D eigenvalue weighted by Gasteiger charge is 2.41. The zero-order chi connectivity index (χ0) is 29.0. The van der Waals surface area contributed by atoms with Gasteiger partial charge in [0.2, 0.25) is 0 Å². The standard InChI is InChI=1S/C26H32I2N4O6/c1-15-9-11-17(13-19(15)27)21(33)29-30-23(35)38-32(24(36)37-26(6,7)8)31(25(3,4)5)22(34)18-12-10-16(2)20(28)14-18/h9-14H,1-8H3,(H,29,33)(H,30,35). The highest BCUT2D eigenvalue weighted by Crippen LogP contribution is 2.25. The number of carbonyl (C=O) groups is 4. The number of nitrogens with one attached hydrogen (secondary N) is 2. The van der Waals surface area contributed by atoms with E-state index in [4.69, 9.17) is 9.57 Å². The Labute approximate surface area is 250 Å². The van der Waals surface area contributed by atoms with Gasteiger partial charge in [-0.15, -0.1) is 0 Å². The van der Waals surface area contributed by atoms with E-state index in [2.05, 4.69) is 56.0 Å². The highest BCUT2D eigenvalue weighted by atomic mass is 127. The summed E-state index contributed by atoms with van der Waals surface area (Å²) in [6.45, 7) is 13.7. The molecule has 206 valence electrons. The number of hydrazine groups is 2. The van der Waals surface area contributed by atoms with Crippen LogP contribution in [0, 0.1) is 21.0 Å². The van der Waals surface area contributed by atoms with Gasteiger partial charge < -0.3 is 4.74 Å². The van der Waals surface area contributed by atoms with E-state index in [0.29, 0.717) is 10.7 Å². The van der Waals surface area contributed by atoms with E-state index in [0.717, 1.165) is 23.3 Å². The van der Waals surface area contributed by atoms with Gasteiger partial charge in [-0.2, -0.15) is 0 Å². The molecule has 0 aliphatic carbocycles. The minimum Gasteiger partial charge on any atom is -0.440 e. The molecule has 0 heterocycles. The van der Waals surface area contributed by atoms with Crippen LogP contribution in [-0.2, 0) is 9.57 Å². The summed E-state index contributed by atoms with van der Waals surface area (Å²) >= 11 is 4.21. The molecule has 0 radical (unpaired) electrons. The van der Waals surface area contributed by atoms with Crippen LogP contribution in [-0.4, -0.2) is 45.3 Å². The first-order valence-corrected chi connectivity index (χ1v) is 13.7. The van der Waals surface area contributed by atoms with Crippen LogP contribution in [0.2, 0.25) is 0 Å². The summed E-state index contributed by atoms with van der Waals surface area (Å²) in [4.78, 5) is 57.3. The van der Waals surface area contributed by atoms with Crippen LogP contribution in [0.25, 0.3) is 0 Å². The lowest BCUT2D eigenvalue weighted by atomic mass is 10.1. The van der Waals surface area contributed by atoms with Gasteiger partial charge in [-0.05, 0) is 141 Å². The maximum Gasteiger partial charge on any atom is 0.464 e. The minimum absolute atomic E-state index is 0.273. The molecule has 2 rings (SSSR count). The topological polar surface area (TPSA) is 117 Å². The monoisotopic (exact) mass is 750 g/mol. The number of carbonyl (C=O) groups excluding carboxylic acids is 4. The van der Waals surface area contributed by atoms with Gasteiger partial charge in [0.15, 0.2) is 0 Å². The highest BCUT2D eigenvalue weighted by molar-refractivity contribution is 14.1. The van der Waals surface area contributed by atoms with Crippen LogP contribution < -0.4 is 10.9 Å². The summed E-state index contributed by atoms with van der Waals surface area (Å²) in [6, 6.07) is 10.1. The van der Waals surface area contributed by atoms with Crippen LogP contribution in [0.3, 0.4) is 0 Å². The van der Waals surface area contributed by atoms with Crippen molar-refractivity contribution in [2.45, 2.75) is 66.5 Å². The lowest BCUT2D eigenvalue weighted by Gasteiger charge is -2.41. The first-order valence-electron chi connectivity index (χ1n) is 11.6. The van der Waals surface area contributed by atoms with E-state index in [1.165, 1.54) is 0 Å². The van der Waals surface area contributed by atoms with Gasteiger partial charge in [-0.1, -0.05) is 12.1 Å². The van der Waals surface area contributed by atoms with Crippen LogP contribution in [0.1, 0.15) is 73.4 Å². The van der Waals surface area contributed by atoms with Crippen molar-refractivity contribution in [3.05, 3.63) is 65.8 Å². The molecule has 38 heavy (non-hydrogen) atoms. The number of halogens is 2. The lowest BCUT2D eigenvalue weighted by Crippen LogP contribution is -2.60. The number of aryl methyl sites for hydroxylation is 2. The number of hydroxylamine groups is 1. The fourth-order valence-electron chi connectivity index (χ4n) is 2.98. The van der Waals surface area contributed by atoms with Gasteiger partial charge in [-0.3, -0.25) is 19.9 Å². The Bertz CT molecular complexity index is 1240. The predicted octanol–water partition coefficient (Wildman–Crippen LogP) is 5.89. The first-order chi connectivity index (χ1) is 17.4. The number of amides is 4. The lowest BCUT2D eigenvalue weighted by molar-refractivity contribution is -0.223. The largest absolute Gasteiger partial charge is 0.464 e. The Morgan fingerprint density at radius 2 is 1.29 bits per heavy atom. The van der Waals surface area contributed by atoms with E-state index < -0.39 is 35.1 Å². The molecule has 12 heteroatoms. The Kier molecular flexibility index (Phi) is 10.4. The van der Waals surface area contributed by atoms with Gasteiger partial charge >= 0.3 is 12.2 Å². The van der Waals surface area contributed by atoms with Crippen molar-refractivity contribution in [3.8, 4) is 0 Å². The van der Waals surface area contributed by atoms with Gasteiger partial charge in [0.25, 0.3) is 11.8 Å². The molecule has 0 aliphatic heterocycles. The Morgan fingerprint density at radius 3 is 1.76 bits per heavy atom. The molecule has 0 bridgehead atoms. The van der Waals surface area contributed by atoms with E-state index in [1.807, 2.05) is 13.8 Å². The smallest absolute Gasteiger partial charge is 0.440 e. The third kappa shape index (κ3) is 8.71. The molecule has 0 unspecified atom stereocenters. The summed E-state index contributed by atoms with van der Waals surface area (Å²) in [5.74, 6) is -1.20. The molecular weight excluding hydrogens is 718 g/mol. The molecule has 2 aromatic carbocycles. The predicted molar refractivity (Wildman–Crippen MR) is 159 cm³/mol. The van der Waals surface area contributed by atoms with Crippen molar-refractivity contribution >= 4 is 69.2 Å². The number of benzene rings is 2. The van der Waals surface area contributed by atoms with Gasteiger partial charge in [0.1, 0.15) is 5.60 Å². The summed E-state index contributed by atoms with van der Waals surface area (Å²) in [5.41, 5.74) is 4.91.